The van der Waals surface area contributed by atoms with E-state index in [1.54, 1.807) is 18.9 Å². The molecule has 0 aliphatic heterocycles. The average Bonchev–Trinajstić information content (AvgIpc) is 2.85. The number of rotatable bonds is 5. The normalized spacial score (nSPS) is 11.5. The number of aromatic nitrogens is 3. The minimum atomic E-state index is -0.145. The number of hydrogen-bond donors (Lipinski definition) is 1. The lowest BCUT2D eigenvalue weighted by molar-refractivity contribution is 0.400. The highest BCUT2D eigenvalue weighted by Gasteiger charge is 2.23. The third-order valence-corrected chi connectivity index (χ3v) is 4.17. The second-order valence-corrected chi connectivity index (χ2v) is 6.84. The summed E-state index contributed by atoms with van der Waals surface area (Å²) in [6.45, 7) is 6.17. The fourth-order valence-corrected chi connectivity index (χ4v) is 2.86. The van der Waals surface area contributed by atoms with Gasteiger partial charge in [-0.05, 0) is 18.2 Å². The molecule has 2 aromatic rings. The van der Waals surface area contributed by atoms with E-state index >= 15 is 0 Å². The third-order valence-electron chi connectivity index (χ3n) is 3.18. The highest BCUT2D eigenvalue weighted by molar-refractivity contribution is 7.98. The first-order valence-electron chi connectivity index (χ1n) is 6.91. The molecule has 0 spiro atoms. The Bertz CT molecular complexity index is 649. The summed E-state index contributed by atoms with van der Waals surface area (Å²) in [6, 6.07) is 5.71. The Morgan fingerprint density at radius 2 is 1.91 bits per heavy atom. The molecule has 0 amide bonds. The fraction of sp³-hybridized carbons (Fsp3) is 0.467. The molecule has 22 heavy (non-hydrogen) atoms. The van der Waals surface area contributed by atoms with Crippen molar-refractivity contribution >= 4 is 11.8 Å². The van der Waals surface area contributed by atoms with Gasteiger partial charge in [-0.15, -0.1) is 10.2 Å². The maximum absolute atomic E-state index is 6.10. The van der Waals surface area contributed by atoms with Crippen LogP contribution in [-0.2, 0) is 11.2 Å². The van der Waals surface area contributed by atoms with Crippen molar-refractivity contribution in [3.8, 4) is 11.5 Å². The molecule has 2 rings (SSSR count). The van der Waals surface area contributed by atoms with Crippen molar-refractivity contribution in [2.24, 2.45) is 0 Å². The van der Waals surface area contributed by atoms with Crippen molar-refractivity contribution in [2.45, 2.75) is 37.1 Å². The summed E-state index contributed by atoms with van der Waals surface area (Å²) in [5.41, 5.74) is 0.876. The molecule has 0 radical (unpaired) electrons. The average molecular weight is 322 g/mol. The molecule has 6 nitrogen and oxygen atoms in total. The van der Waals surface area contributed by atoms with E-state index in [4.69, 9.17) is 15.3 Å². The third kappa shape index (κ3) is 3.47. The van der Waals surface area contributed by atoms with Crippen molar-refractivity contribution in [3.05, 3.63) is 29.6 Å². The molecule has 0 bridgehead atoms. The Morgan fingerprint density at radius 3 is 2.45 bits per heavy atom. The first-order valence-corrected chi connectivity index (χ1v) is 7.90. The quantitative estimate of drug-likeness (QED) is 0.673. The lowest BCUT2D eigenvalue weighted by Crippen LogP contribution is -2.24. The van der Waals surface area contributed by atoms with E-state index in [-0.39, 0.29) is 5.41 Å². The van der Waals surface area contributed by atoms with Gasteiger partial charge in [0, 0.05) is 16.7 Å². The van der Waals surface area contributed by atoms with Crippen LogP contribution >= 0.6 is 11.8 Å². The van der Waals surface area contributed by atoms with Gasteiger partial charge in [0.15, 0.2) is 5.82 Å². The number of methoxy groups -OCH3 is 2. The number of ether oxygens (including phenoxy) is 2. The van der Waals surface area contributed by atoms with Crippen molar-refractivity contribution in [3.63, 3.8) is 0 Å². The summed E-state index contributed by atoms with van der Waals surface area (Å²) in [4.78, 5) is 0. The number of hydrogen-bond acceptors (Lipinski definition) is 6. The van der Waals surface area contributed by atoms with E-state index in [2.05, 4.69) is 31.0 Å². The largest absolute Gasteiger partial charge is 0.497 e. The number of nitrogens with zero attached hydrogens (tertiary/aromatic N) is 3. The molecule has 7 heteroatoms. The van der Waals surface area contributed by atoms with Gasteiger partial charge in [-0.25, -0.2) is 4.68 Å². The Hall–Kier alpha value is -1.89. The van der Waals surface area contributed by atoms with Crippen molar-refractivity contribution in [2.75, 3.05) is 20.1 Å². The predicted molar refractivity (Wildman–Crippen MR) is 88.0 cm³/mol. The number of nitrogens with two attached hydrogens (primary N) is 1. The van der Waals surface area contributed by atoms with E-state index in [0.717, 1.165) is 22.9 Å². The van der Waals surface area contributed by atoms with Gasteiger partial charge >= 0.3 is 0 Å². The highest BCUT2D eigenvalue weighted by Crippen LogP contribution is 2.31. The van der Waals surface area contributed by atoms with Gasteiger partial charge in [0.05, 0.1) is 14.2 Å². The van der Waals surface area contributed by atoms with Crippen molar-refractivity contribution < 1.29 is 9.47 Å². The smallest absolute Gasteiger partial charge is 0.210 e. The number of thioether (sulfide) groups is 1. The molecule has 0 unspecified atom stereocenters. The Morgan fingerprint density at radius 1 is 1.18 bits per heavy atom. The van der Waals surface area contributed by atoms with Gasteiger partial charge in [0.2, 0.25) is 5.16 Å². The summed E-state index contributed by atoms with van der Waals surface area (Å²) in [5, 5.41) is 9.04. The van der Waals surface area contributed by atoms with Crippen LogP contribution in [0.1, 0.15) is 32.2 Å². The molecule has 0 atom stereocenters. The van der Waals surface area contributed by atoms with Crippen molar-refractivity contribution in [1.29, 1.82) is 0 Å². The van der Waals surface area contributed by atoms with E-state index in [1.807, 2.05) is 18.2 Å². The lowest BCUT2D eigenvalue weighted by atomic mass is 9.96. The Labute approximate surface area is 135 Å². The van der Waals surface area contributed by atoms with E-state index in [0.29, 0.717) is 10.9 Å². The van der Waals surface area contributed by atoms with Gasteiger partial charge in [0.1, 0.15) is 11.5 Å². The Balaban J connectivity index is 2.19. The van der Waals surface area contributed by atoms with Crippen LogP contribution in [0.4, 0.5) is 0 Å². The summed E-state index contributed by atoms with van der Waals surface area (Å²) in [6.07, 6.45) is 0. The molecular formula is C15H22N4O2S. The fourth-order valence-electron chi connectivity index (χ4n) is 2.02. The minimum Gasteiger partial charge on any atom is -0.497 e. The monoisotopic (exact) mass is 322 g/mol. The predicted octanol–water partition coefficient (Wildman–Crippen LogP) is 2.60. The molecule has 0 aliphatic carbocycles. The zero-order valence-corrected chi connectivity index (χ0v) is 14.4. The summed E-state index contributed by atoms with van der Waals surface area (Å²) >= 11 is 1.51. The molecule has 0 fully saturated rings. The first-order chi connectivity index (χ1) is 10.4. The maximum atomic E-state index is 6.10. The zero-order chi connectivity index (χ0) is 16.3. The molecule has 0 saturated carbocycles. The highest BCUT2D eigenvalue weighted by atomic mass is 32.2. The molecule has 1 heterocycles. The molecule has 0 saturated heterocycles. The van der Waals surface area contributed by atoms with E-state index in [1.165, 1.54) is 11.8 Å². The molecule has 120 valence electrons. The molecule has 2 N–H and O–H groups in total. The van der Waals surface area contributed by atoms with Gasteiger partial charge in [-0.1, -0.05) is 32.5 Å². The van der Waals surface area contributed by atoms with Gasteiger partial charge in [-0.2, -0.15) is 0 Å². The number of benzene rings is 1. The summed E-state index contributed by atoms with van der Waals surface area (Å²) in [7, 11) is 3.30. The SMILES string of the molecule is COc1ccc(OC)c(CSc2nnc(C(C)(C)C)n2N)c1. The van der Waals surface area contributed by atoms with Gasteiger partial charge < -0.3 is 15.3 Å². The Kier molecular flexibility index (Phi) is 4.85. The van der Waals surface area contributed by atoms with Crippen LogP contribution in [0.3, 0.4) is 0 Å². The topological polar surface area (TPSA) is 75.2 Å². The second-order valence-electron chi connectivity index (χ2n) is 5.89. The standard InChI is InChI=1S/C15H22N4O2S/c1-15(2,3)13-17-18-14(19(13)16)22-9-10-8-11(20-4)6-7-12(10)21-5/h6-8H,9,16H2,1-5H3. The first kappa shape index (κ1) is 16.5. The lowest BCUT2D eigenvalue weighted by Gasteiger charge is -2.16. The molecule has 1 aromatic heterocycles. The van der Waals surface area contributed by atoms with Crippen molar-refractivity contribution in [1.82, 2.24) is 14.9 Å². The van der Waals surface area contributed by atoms with Crippen LogP contribution in [0.15, 0.2) is 23.4 Å². The van der Waals surface area contributed by atoms with Gasteiger partial charge in [0.25, 0.3) is 0 Å². The molecule has 0 aliphatic rings. The minimum absolute atomic E-state index is 0.145. The number of nitrogen functional groups attached to an aromatic ring is 1. The van der Waals surface area contributed by atoms with E-state index in [9.17, 15) is 0 Å². The maximum Gasteiger partial charge on any atom is 0.210 e. The second kappa shape index (κ2) is 6.48. The van der Waals surface area contributed by atoms with Crippen LogP contribution in [0.5, 0.6) is 11.5 Å². The van der Waals surface area contributed by atoms with Crippen LogP contribution in [-0.4, -0.2) is 29.1 Å². The van der Waals surface area contributed by atoms with Crippen LogP contribution in [0.2, 0.25) is 0 Å². The molecular weight excluding hydrogens is 300 g/mol. The summed E-state index contributed by atoms with van der Waals surface area (Å²) in [5.74, 6) is 9.12. The van der Waals surface area contributed by atoms with Gasteiger partial charge in [-0.3, -0.25) is 0 Å². The van der Waals surface area contributed by atoms with Crippen LogP contribution < -0.4 is 15.3 Å². The van der Waals surface area contributed by atoms with E-state index < -0.39 is 0 Å². The van der Waals surface area contributed by atoms with Crippen LogP contribution in [0, 0.1) is 0 Å². The molecule has 1 aromatic carbocycles. The van der Waals surface area contributed by atoms with Crippen LogP contribution in [0.25, 0.3) is 0 Å². The summed E-state index contributed by atoms with van der Waals surface area (Å²) < 4.78 is 12.2. The zero-order valence-electron chi connectivity index (χ0n) is 13.6.